The Morgan fingerprint density at radius 1 is 1.16 bits per heavy atom. The van der Waals surface area contributed by atoms with Crippen molar-refractivity contribution >= 4 is 17.3 Å². The molecule has 1 heterocycles. The van der Waals surface area contributed by atoms with Gasteiger partial charge in [0, 0.05) is 12.7 Å². The zero-order chi connectivity index (χ0) is 17.8. The highest BCUT2D eigenvalue weighted by molar-refractivity contribution is 5.93. The number of methoxy groups -OCH3 is 2. The van der Waals surface area contributed by atoms with E-state index in [2.05, 4.69) is 10.2 Å². The lowest BCUT2D eigenvalue weighted by Gasteiger charge is -2.28. The van der Waals surface area contributed by atoms with Crippen molar-refractivity contribution in [1.29, 1.82) is 0 Å². The highest BCUT2D eigenvalue weighted by Gasteiger charge is 2.16. The van der Waals surface area contributed by atoms with Crippen LogP contribution in [0.15, 0.2) is 36.4 Å². The summed E-state index contributed by atoms with van der Waals surface area (Å²) in [6, 6.07) is 11.1. The molecule has 2 aromatic rings. The van der Waals surface area contributed by atoms with Gasteiger partial charge in [0.25, 0.3) is 0 Å². The lowest BCUT2D eigenvalue weighted by molar-refractivity contribution is -0.115. The second-order valence-corrected chi connectivity index (χ2v) is 5.87. The average Bonchev–Trinajstić information content (AvgIpc) is 2.62. The molecular weight excluding hydrogens is 320 g/mol. The van der Waals surface area contributed by atoms with Crippen molar-refractivity contribution in [2.75, 3.05) is 44.6 Å². The van der Waals surface area contributed by atoms with Crippen molar-refractivity contribution in [3.8, 4) is 17.2 Å². The number of rotatable bonds is 5. The predicted molar refractivity (Wildman–Crippen MR) is 97.1 cm³/mol. The Labute approximate surface area is 147 Å². The molecule has 25 heavy (non-hydrogen) atoms. The summed E-state index contributed by atoms with van der Waals surface area (Å²) in [5, 5.41) is 2.93. The van der Waals surface area contributed by atoms with Crippen LogP contribution in [0, 0.1) is 0 Å². The van der Waals surface area contributed by atoms with E-state index in [1.54, 1.807) is 20.3 Å². The molecule has 1 aliphatic heterocycles. The van der Waals surface area contributed by atoms with Crippen LogP contribution in [0.25, 0.3) is 0 Å². The molecule has 0 atom stereocenters. The lowest BCUT2D eigenvalue weighted by atomic mass is 10.1. The van der Waals surface area contributed by atoms with Crippen molar-refractivity contribution in [1.82, 2.24) is 0 Å². The normalized spacial score (nSPS) is 12.8. The van der Waals surface area contributed by atoms with Crippen LogP contribution in [0.5, 0.6) is 17.2 Å². The number of nitrogens with zero attached hydrogens (tertiary/aromatic N) is 1. The van der Waals surface area contributed by atoms with Crippen molar-refractivity contribution in [3.63, 3.8) is 0 Å². The molecular formula is C19H22N2O4. The minimum Gasteiger partial charge on any atom is -0.493 e. The Kier molecular flexibility index (Phi) is 4.97. The number of amides is 1. The van der Waals surface area contributed by atoms with Crippen LogP contribution in [-0.4, -0.2) is 40.3 Å². The molecule has 0 saturated heterocycles. The maximum Gasteiger partial charge on any atom is 0.228 e. The van der Waals surface area contributed by atoms with E-state index in [0.717, 1.165) is 29.2 Å². The number of hydrogen-bond donors (Lipinski definition) is 1. The predicted octanol–water partition coefficient (Wildman–Crippen LogP) is 2.71. The smallest absolute Gasteiger partial charge is 0.228 e. The molecule has 0 spiro atoms. The highest BCUT2D eigenvalue weighted by Crippen LogP contribution is 2.33. The van der Waals surface area contributed by atoms with Gasteiger partial charge in [0.1, 0.15) is 12.4 Å². The number of hydrogen-bond acceptors (Lipinski definition) is 5. The third-order valence-corrected chi connectivity index (χ3v) is 4.15. The first-order valence-electron chi connectivity index (χ1n) is 8.09. The molecule has 2 aromatic carbocycles. The van der Waals surface area contributed by atoms with Crippen molar-refractivity contribution < 1.29 is 19.0 Å². The van der Waals surface area contributed by atoms with Gasteiger partial charge in [-0.1, -0.05) is 6.07 Å². The Hall–Kier alpha value is -2.89. The van der Waals surface area contributed by atoms with Crippen LogP contribution in [0.1, 0.15) is 5.56 Å². The van der Waals surface area contributed by atoms with Gasteiger partial charge in [0.2, 0.25) is 5.91 Å². The van der Waals surface area contributed by atoms with Gasteiger partial charge >= 0.3 is 0 Å². The van der Waals surface area contributed by atoms with Gasteiger partial charge in [-0.3, -0.25) is 4.79 Å². The molecule has 0 radical (unpaired) electrons. The zero-order valence-electron chi connectivity index (χ0n) is 14.7. The maximum atomic E-state index is 12.4. The Morgan fingerprint density at radius 2 is 1.96 bits per heavy atom. The molecule has 0 aliphatic carbocycles. The zero-order valence-corrected chi connectivity index (χ0v) is 14.7. The standard InChI is InChI=1S/C19H22N2O4/c1-21-8-9-25-16-7-5-14(12-15(16)21)20-19(22)11-13-4-6-17(23-2)18(10-13)24-3/h4-7,10,12H,8-9,11H2,1-3H3,(H,20,22). The molecule has 0 fully saturated rings. The number of benzene rings is 2. The van der Waals surface area contributed by atoms with Crippen molar-refractivity contribution in [2.24, 2.45) is 0 Å². The van der Waals surface area contributed by atoms with Crippen LogP contribution in [0.4, 0.5) is 11.4 Å². The van der Waals surface area contributed by atoms with Gasteiger partial charge in [0.15, 0.2) is 11.5 Å². The maximum absolute atomic E-state index is 12.4. The molecule has 0 unspecified atom stereocenters. The minimum atomic E-state index is -0.0912. The first kappa shape index (κ1) is 17.0. The summed E-state index contributed by atoms with van der Waals surface area (Å²) in [6.07, 6.45) is 0.254. The third kappa shape index (κ3) is 3.79. The highest BCUT2D eigenvalue weighted by atomic mass is 16.5. The summed E-state index contributed by atoms with van der Waals surface area (Å²) in [5.74, 6) is 2.00. The Balaban J connectivity index is 1.70. The molecule has 6 nitrogen and oxygen atoms in total. The molecule has 6 heteroatoms. The number of likely N-dealkylation sites (N-methyl/N-ethyl adjacent to an activating group) is 1. The lowest BCUT2D eigenvalue weighted by Crippen LogP contribution is -2.28. The van der Waals surface area contributed by atoms with E-state index in [1.165, 1.54) is 0 Å². The second-order valence-electron chi connectivity index (χ2n) is 5.87. The summed E-state index contributed by atoms with van der Waals surface area (Å²) in [6.45, 7) is 1.50. The van der Waals surface area contributed by atoms with Crippen LogP contribution < -0.4 is 24.4 Å². The van der Waals surface area contributed by atoms with Crippen molar-refractivity contribution in [3.05, 3.63) is 42.0 Å². The molecule has 0 saturated carbocycles. The van der Waals surface area contributed by atoms with Gasteiger partial charge in [0.05, 0.1) is 32.9 Å². The van der Waals surface area contributed by atoms with E-state index >= 15 is 0 Å². The number of anilines is 2. The third-order valence-electron chi connectivity index (χ3n) is 4.15. The number of nitrogens with one attached hydrogen (secondary N) is 1. The topological polar surface area (TPSA) is 60.0 Å². The van der Waals surface area contributed by atoms with Gasteiger partial charge < -0.3 is 24.4 Å². The number of carbonyl (C=O) groups is 1. The van der Waals surface area contributed by atoms with Crippen LogP contribution in [-0.2, 0) is 11.2 Å². The first-order valence-corrected chi connectivity index (χ1v) is 8.09. The Morgan fingerprint density at radius 3 is 2.72 bits per heavy atom. The quantitative estimate of drug-likeness (QED) is 0.905. The van der Waals surface area contributed by atoms with Gasteiger partial charge in [-0.25, -0.2) is 0 Å². The van der Waals surface area contributed by atoms with E-state index in [4.69, 9.17) is 14.2 Å². The average molecular weight is 342 g/mol. The largest absolute Gasteiger partial charge is 0.493 e. The van der Waals surface area contributed by atoms with Gasteiger partial charge in [-0.05, 0) is 35.9 Å². The summed E-state index contributed by atoms with van der Waals surface area (Å²) >= 11 is 0. The summed E-state index contributed by atoms with van der Waals surface area (Å²) in [5.41, 5.74) is 2.59. The Bertz CT molecular complexity index is 776. The fourth-order valence-electron chi connectivity index (χ4n) is 2.81. The van der Waals surface area contributed by atoms with E-state index in [1.807, 2.05) is 37.4 Å². The van der Waals surface area contributed by atoms with Crippen molar-refractivity contribution in [2.45, 2.75) is 6.42 Å². The fraction of sp³-hybridized carbons (Fsp3) is 0.316. The van der Waals surface area contributed by atoms with Crippen LogP contribution in [0.2, 0.25) is 0 Å². The number of fused-ring (bicyclic) bond motifs is 1. The second kappa shape index (κ2) is 7.34. The fourth-order valence-corrected chi connectivity index (χ4v) is 2.81. The first-order chi connectivity index (χ1) is 12.1. The molecule has 3 rings (SSSR count). The van der Waals surface area contributed by atoms with E-state index in [-0.39, 0.29) is 12.3 Å². The summed E-state index contributed by atoms with van der Waals surface area (Å²) < 4.78 is 16.1. The monoisotopic (exact) mass is 342 g/mol. The molecule has 1 amide bonds. The van der Waals surface area contributed by atoms with E-state index in [0.29, 0.717) is 18.1 Å². The summed E-state index contributed by atoms with van der Waals surface area (Å²) in [4.78, 5) is 14.5. The number of carbonyl (C=O) groups excluding carboxylic acids is 1. The molecule has 1 N–H and O–H groups in total. The number of ether oxygens (including phenoxy) is 3. The van der Waals surface area contributed by atoms with E-state index < -0.39 is 0 Å². The SMILES string of the molecule is COc1ccc(CC(=O)Nc2ccc3c(c2)N(C)CCO3)cc1OC. The van der Waals surface area contributed by atoms with Gasteiger partial charge in [-0.2, -0.15) is 0 Å². The van der Waals surface area contributed by atoms with Crippen LogP contribution in [0.3, 0.4) is 0 Å². The van der Waals surface area contributed by atoms with E-state index in [9.17, 15) is 4.79 Å². The molecule has 132 valence electrons. The van der Waals surface area contributed by atoms with Crippen LogP contribution >= 0.6 is 0 Å². The molecule has 0 bridgehead atoms. The minimum absolute atomic E-state index is 0.0912. The van der Waals surface area contributed by atoms with Gasteiger partial charge in [-0.15, -0.1) is 0 Å². The molecule has 0 aromatic heterocycles. The summed E-state index contributed by atoms with van der Waals surface area (Å²) in [7, 11) is 5.17. The molecule has 1 aliphatic rings.